The first-order valence-corrected chi connectivity index (χ1v) is 10.3. The quantitative estimate of drug-likeness (QED) is 0.800. The molecule has 2 aromatic rings. The number of piperazine rings is 1. The highest BCUT2D eigenvalue weighted by Crippen LogP contribution is 2.21. The van der Waals surface area contributed by atoms with Gasteiger partial charge in [-0.15, -0.1) is 0 Å². The molecule has 0 N–H and O–H groups in total. The van der Waals surface area contributed by atoms with Crippen molar-refractivity contribution < 1.29 is 14.0 Å². The highest BCUT2D eigenvalue weighted by Gasteiger charge is 2.24. The Labute approximate surface area is 170 Å². The lowest BCUT2D eigenvalue weighted by atomic mass is 10.1. The van der Waals surface area contributed by atoms with Gasteiger partial charge in [0.1, 0.15) is 5.82 Å². The Hall–Kier alpha value is -2.89. The minimum atomic E-state index is -0.235. The van der Waals surface area contributed by atoms with Gasteiger partial charge in [-0.2, -0.15) is 0 Å². The molecule has 2 aliphatic heterocycles. The van der Waals surface area contributed by atoms with E-state index in [1.165, 1.54) is 12.5 Å². The smallest absolute Gasteiger partial charge is 0.253 e. The van der Waals surface area contributed by atoms with Crippen molar-refractivity contribution in [2.45, 2.75) is 19.3 Å². The number of benzene rings is 2. The van der Waals surface area contributed by atoms with Crippen molar-refractivity contribution in [2.24, 2.45) is 0 Å². The monoisotopic (exact) mass is 395 g/mol. The van der Waals surface area contributed by atoms with Gasteiger partial charge in [0, 0.05) is 50.4 Å². The van der Waals surface area contributed by atoms with Crippen molar-refractivity contribution in [2.75, 3.05) is 44.2 Å². The largest absolute Gasteiger partial charge is 0.366 e. The van der Waals surface area contributed by atoms with E-state index in [0.717, 1.165) is 25.9 Å². The van der Waals surface area contributed by atoms with Crippen LogP contribution in [0.2, 0.25) is 0 Å². The number of carbonyl (C=O) groups excluding carboxylic acids is 2. The molecule has 152 valence electrons. The molecule has 0 saturated carbocycles. The summed E-state index contributed by atoms with van der Waals surface area (Å²) >= 11 is 0. The maximum Gasteiger partial charge on any atom is 0.253 e. The summed E-state index contributed by atoms with van der Waals surface area (Å²) in [5.41, 5.74) is 1.80. The maximum absolute atomic E-state index is 14.0. The first-order chi connectivity index (χ1) is 14.1. The Bertz CT molecular complexity index is 870. The number of rotatable bonds is 3. The van der Waals surface area contributed by atoms with Gasteiger partial charge in [0.15, 0.2) is 0 Å². The van der Waals surface area contributed by atoms with Crippen LogP contribution in [0.3, 0.4) is 0 Å². The van der Waals surface area contributed by atoms with Gasteiger partial charge in [-0.25, -0.2) is 4.39 Å². The lowest BCUT2D eigenvalue weighted by Crippen LogP contribution is -2.49. The Morgan fingerprint density at radius 3 is 1.72 bits per heavy atom. The molecule has 0 bridgehead atoms. The molecule has 2 heterocycles. The number of hydrogen-bond acceptors (Lipinski definition) is 3. The fourth-order valence-electron chi connectivity index (χ4n) is 4.08. The SMILES string of the molecule is O=C(c1ccc(C(=O)N2CCN(c3ccccc3F)CC2)cc1)N1CCCCC1. The third-order valence-electron chi connectivity index (χ3n) is 5.78. The molecule has 0 unspecified atom stereocenters. The molecule has 2 fully saturated rings. The van der Waals surface area contributed by atoms with E-state index in [2.05, 4.69) is 0 Å². The van der Waals surface area contributed by atoms with Gasteiger partial charge in [-0.1, -0.05) is 12.1 Å². The standard InChI is InChI=1S/C23H26FN3O2/c24-20-6-2-3-7-21(20)25-14-16-27(17-15-25)23(29)19-10-8-18(9-11-19)22(28)26-12-4-1-5-13-26/h2-3,6-11H,1,4-5,12-17H2. The van der Waals surface area contributed by atoms with Crippen molar-refractivity contribution in [1.29, 1.82) is 0 Å². The van der Waals surface area contributed by atoms with E-state index in [1.807, 2.05) is 15.9 Å². The van der Waals surface area contributed by atoms with Crippen LogP contribution < -0.4 is 4.90 Å². The molecule has 4 rings (SSSR count). The van der Waals surface area contributed by atoms with Crippen LogP contribution in [-0.2, 0) is 0 Å². The molecular weight excluding hydrogens is 369 g/mol. The Kier molecular flexibility index (Phi) is 5.79. The van der Waals surface area contributed by atoms with Gasteiger partial charge in [0.2, 0.25) is 0 Å². The van der Waals surface area contributed by atoms with Crippen LogP contribution in [0.5, 0.6) is 0 Å². The highest BCUT2D eigenvalue weighted by molar-refractivity contribution is 5.98. The molecule has 0 spiro atoms. The number of halogens is 1. The summed E-state index contributed by atoms with van der Waals surface area (Å²) in [7, 11) is 0. The van der Waals surface area contributed by atoms with Crippen molar-refractivity contribution in [1.82, 2.24) is 9.80 Å². The van der Waals surface area contributed by atoms with E-state index in [1.54, 1.807) is 41.3 Å². The Balaban J connectivity index is 1.36. The molecule has 5 nitrogen and oxygen atoms in total. The number of carbonyl (C=O) groups is 2. The second-order valence-electron chi connectivity index (χ2n) is 7.66. The van der Waals surface area contributed by atoms with Crippen molar-refractivity contribution in [3.63, 3.8) is 0 Å². The zero-order valence-corrected chi connectivity index (χ0v) is 16.5. The number of anilines is 1. The molecule has 2 aliphatic rings. The molecule has 2 saturated heterocycles. The lowest BCUT2D eigenvalue weighted by molar-refractivity contribution is 0.0719. The van der Waals surface area contributed by atoms with E-state index in [9.17, 15) is 14.0 Å². The number of amides is 2. The van der Waals surface area contributed by atoms with Crippen LogP contribution in [0.4, 0.5) is 10.1 Å². The zero-order chi connectivity index (χ0) is 20.2. The second kappa shape index (κ2) is 8.64. The average Bonchev–Trinajstić information content (AvgIpc) is 2.79. The average molecular weight is 395 g/mol. The van der Waals surface area contributed by atoms with Gasteiger partial charge >= 0.3 is 0 Å². The third-order valence-corrected chi connectivity index (χ3v) is 5.78. The van der Waals surface area contributed by atoms with E-state index in [4.69, 9.17) is 0 Å². The van der Waals surface area contributed by atoms with Gasteiger partial charge in [0.25, 0.3) is 11.8 Å². The van der Waals surface area contributed by atoms with Crippen LogP contribution >= 0.6 is 0 Å². The molecule has 29 heavy (non-hydrogen) atoms. The number of likely N-dealkylation sites (tertiary alicyclic amines) is 1. The van der Waals surface area contributed by atoms with Crippen LogP contribution in [0.25, 0.3) is 0 Å². The fraction of sp³-hybridized carbons (Fsp3) is 0.391. The van der Waals surface area contributed by atoms with Gasteiger partial charge in [-0.05, 0) is 55.7 Å². The normalized spacial score (nSPS) is 17.3. The number of hydrogen-bond donors (Lipinski definition) is 0. The minimum Gasteiger partial charge on any atom is -0.366 e. The summed E-state index contributed by atoms with van der Waals surface area (Å²) in [6.07, 6.45) is 3.30. The summed E-state index contributed by atoms with van der Waals surface area (Å²) in [5.74, 6) is -0.237. The van der Waals surface area contributed by atoms with E-state index >= 15 is 0 Å². The molecular formula is C23H26FN3O2. The minimum absolute atomic E-state index is 0.0437. The topological polar surface area (TPSA) is 43.9 Å². The van der Waals surface area contributed by atoms with Crippen molar-refractivity contribution in [3.05, 3.63) is 65.5 Å². The predicted molar refractivity (Wildman–Crippen MR) is 111 cm³/mol. The summed E-state index contributed by atoms with van der Waals surface area (Å²) in [6, 6.07) is 13.7. The molecule has 2 aromatic carbocycles. The first-order valence-electron chi connectivity index (χ1n) is 10.3. The van der Waals surface area contributed by atoms with Gasteiger partial charge in [-0.3, -0.25) is 9.59 Å². The second-order valence-corrected chi connectivity index (χ2v) is 7.66. The Morgan fingerprint density at radius 1 is 0.655 bits per heavy atom. The molecule has 2 amide bonds. The van der Waals surface area contributed by atoms with Crippen molar-refractivity contribution >= 4 is 17.5 Å². The van der Waals surface area contributed by atoms with E-state index in [0.29, 0.717) is 43.0 Å². The van der Waals surface area contributed by atoms with Gasteiger partial charge in [0.05, 0.1) is 5.69 Å². The number of piperidine rings is 1. The summed E-state index contributed by atoms with van der Waals surface area (Å²) in [4.78, 5) is 31.1. The van der Waals surface area contributed by atoms with E-state index in [-0.39, 0.29) is 17.6 Å². The molecule has 0 radical (unpaired) electrons. The van der Waals surface area contributed by atoms with Crippen LogP contribution in [-0.4, -0.2) is 60.9 Å². The molecule has 0 atom stereocenters. The summed E-state index contributed by atoms with van der Waals surface area (Å²) < 4.78 is 14.0. The lowest BCUT2D eigenvalue weighted by Gasteiger charge is -2.36. The van der Waals surface area contributed by atoms with Crippen LogP contribution in [0, 0.1) is 5.82 Å². The first kappa shape index (κ1) is 19.4. The van der Waals surface area contributed by atoms with Crippen LogP contribution in [0.1, 0.15) is 40.0 Å². The summed E-state index contributed by atoms with van der Waals surface area (Å²) in [5, 5.41) is 0. The zero-order valence-electron chi connectivity index (χ0n) is 16.5. The van der Waals surface area contributed by atoms with E-state index < -0.39 is 0 Å². The molecule has 6 heteroatoms. The predicted octanol–water partition coefficient (Wildman–Crippen LogP) is 3.41. The van der Waals surface area contributed by atoms with Gasteiger partial charge < -0.3 is 14.7 Å². The number of para-hydroxylation sites is 1. The fourth-order valence-corrected chi connectivity index (χ4v) is 4.08. The highest BCUT2D eigenvalue weighted by atomic mass is 19.1. The Morgan fingerprint density at radius 2 is 1.17 bits per heavy atom. The maximum atomic E-state index is 14.0. The molecule has 0 aromatic heterocycles. The molecule has 0 aliphatic carbocycles. The summed E-state index contributed by atoms with van der Waals surface area (Å²) in [6.45, 7) is 3.90. The number of nitrogens with zero attached hydrogens (tertiary/aromatic N) is 3. The van der Waals surface area contributed by atoms with Crippen LogP contribution in [0.15, 0.2) is 48.5 Å². The van der Waals surface area contributed by atoms with Crippen molar-refractivity contribution in [3.8, 4) is 0 Å². The third kappa shape index (κ3) is 4.26.